The molecule has 21 heavy (non-hydrogen) atoms. The molecule has 0 spiro atoms. The minimum atomic E-state index is 0.197. The van der Waals surface area contributed by atoms with Crippen molar-refractivity contribution in [1.29, 1.82) is 0 Å². The highest BCUT2D eigenvalue weighted by atomic mass is 32.2. The molecule has 6 nitrogen and oxygen atoms in total. The second kappa shape index (κ2) is 6.01. The number of aryl methyl sites for hydroxylation is 1. The summed E-state index contributed by atoms with van der Waals surface area (Å²) in [6.45, 7) is 3.01. The van der Waals surface area contributed by atoms with E-state index in [1.54, 1.807) is 10.9 Å². The molecule has 112 valence electrons. The Morgan fingerprint density at radius 2 is 2.29 bits per heavy atom. The number of carbonyl (C=O) groups excluding carboxylic acids is 1. The standard InChI is InChI=1S/C14H19N5OS/c1-10-5-3-4-6-19(10)12(20)8-21-14-11-7-17-18(2)13(11)15-9-16-14/h7,9-10H,3-6,8H2,1-2H3. The summed E-state index contributed by atoms with van der Waals surface area (Å²) in [5.74, 6) is 0.619. The first kappa shape index (κ1) is 14.3. The fourth-order valence-electron chi connectivity index (χ4n) is 2.74. The Bertz CT molecular complexity index is 656. The van der Waals surface area contributed by atoms with Crippen molar-refractivity contribution in [3.05, 3.63) is 12.5 Å². The van der Waals surface area contributed by atoms with Crippen LogP contribution in [-0.2, 0) is 11.8 Å². The summed E-state index contributed by atoms with van der Waals surface area (Å²) in [5, 5.41) is 5.92. The molecule has 0 bridgehead atoms. The number of carbonyl (C=O) groups is 1. The number of hydrogen-bond donors (Lipinski definition) is 0. The summed E-state index contributed by atoms with van der Waals surface area (Å²) in [7, 11) is 1.85. The van der Waals surface area contributed by atoms with E-state index >= 15 is 0 Å². The van der Waals surface area contributed by atoms with E-state index in [4.69, 9.17) is 0 Å². The number of aromatic nitrogens is 4. The first-order valence-corrected chi connectivity index (χ1v) is 8.20. The zero-order valence-corrected chi connectivity index (χ0v) is 13.1. The van der Waals surface area contributed by atoms with Gasteiger partial charge in [-0.25, -0.2) is 9.97 Å². The van der Waals surface area contributed by atoms with Crippen molar-refractivity contribution in [3.8, 4) is 0 Å². The molecular weight excluding hydrogens is 286 g/mol. The van der Waals surface area contributed by atoms with Gasteiger partial charge < -0.3 is 4.90 Å². The Balaban J connectivity index is 1.70. The van der Waals surface area contributed by atoms with Gasteiger partial charge in [-0.05, 0) is 26.2 Å². The van der Waals surface area contributed by atoms with E-state index in [1.165, 1.54) is 24.5 Å². The molecule has 1 unspecified atom stereocenters. The lowest BCUT2D eigenvalue weighted by atomic mass is 10.0. The first-order chi connectivity index (χ1) is 10.2. The van der Waals surface area contributed by atoms with E-state index in [2.05, 4.69) is 22.0 Å². The normalized spacial score (nSPS) is 19.1. The SMILES string of the molecule is CC1CCCCN1C(=O)CSc1ncnc2c1cnn2C. The number of likely N-dealkylation sites (tertiary alicyclic amines) is 1. The Morgan fingerprint density at radius 1 is 1.43 bits per heavy atom. The summed E-state index contributed by atoms with van der Waals surface area (Å²) < 4.78 is 1.72. The second-order valence-corrected chi connectivity index (χ2v) is 6.37. The lowest BCUT2D eigenvalue weighted by Gasteiger charge is -2.33. The van der Waals surface area contributed by atoms with Gasteiger partial charge in [-0.1, -0.05) is 11.8 Å². The van der Waals surface area contributed by atoms with Gasteiger partial charge in [0.2, 0.25) is 5.91 Å². The molecule has 7 heteroatoms. The number of thioether (sulfide) groups is 1. The van der Waals surface area contributed by atoms with E-state index in [0.717, 1.165) is 35.4 Å². The summed E-state index contributed by atoms with van der Waals surface area (Å²) in [6.07, 6.45) is 6.73. The molecule has 0 radical (unpaired) electrons. The predicted octanol–water partition coefficient (Wildman–Crippen LogP) is 1.86. The van der Waals surface area contributed by atoms with E-state index in [-0.39, 0.29) is 5.91 Å². The Labute approximate surface area is 127 Å². The van der Waals surface area contributed by atoms with Crippen LogP contribution < -0.4 is 0 Å². The van der Waals surface area contributed by atoms with Gasteiger partial charge in [-0.3, -0.25) is 9.48 Å². The van der Waals surface area contributed by atoms with Crippen LogP contribution >= 0.6 is 11.8 Å². The van der Waals surface area contributed by atoms with Gasteiger partial charge in [0.05, 0.1) is 17.3 Å². The molecule has 3 rings (SSSR count). The molecule has 0 N–H and O–H groups in total. The van der Waals surface area contributed by atoms with Crippen molar-refractivity contribution in [3.63, 3.8) is 0 Å². The maximum absolute atomic E-state index is 12.4. The van der Waals surface area contributed by atoms with Crippen molar-refractivity contribution in [2.24, 2.45) is 7.05 Å². The van der Waals surface area contributed by atoms with E-state index in [9.17, 15) is 4.79 Å². The number of nitrogens with zero attached hydrogens (tertiary/aromatic N) is 5. The molecule has 1 aliphatic rings. The number of hydrogen-bond acceptors (Lipinski definition) is 5. The van der Waals surface area contributed by atoms with Gasteiger partial charge in [0.1, 0.15) is 11.4 Å². The molecule has 1 fully saturated rings. The lowest BCUT2D eigenvalue weighted by molar-refractivity contribution is -0.131. The Hall–Kier alpha value is -1.63. The minimum absolute atomic E-state index is 0.197. The third-order valence-corrected chi connectivity index (χ3v) is 4.94. The summed E-state index contributed by atoms with van der Waals surface area (Å²) in [4.78, 5) is 22.9. The van der Waals surface area contributed by atoms with Crippen LogP contribution in [0.3, 0.4) is 0 Å². The van der Waals surface area contributed by atoms with Gasteiger partial charge in [0, 0.05) is 19.6 Å². The largest absolute Gasteiger partial charge is 0.339 e. The number of rotatable bonds is 3. The molecule has 1 aliphatic heterocycles. The zero-order valence-electron chi connectivity index (χ0n) is 12.3. The van der Waals surface area contributed by atoms with Crippen LogP contribution in [-0.4, -0.2) is 48.9 Å². The Morgan fingerprint density at radius 3 is 3.10 bits per heavy atom. The summed E-state index contributed by atoms with van der Waals surface area (Å²) >= 11 is 1.47. The third kappa shape index (κ3) is 2.88. The van der Waals surface area contributed by atoms with Crippen LogP contribution in [0.4, 0.5) is 0 Å². The summed E-state index contributed by atoms with van der Waals surface area (Å²) in [6, 6.07) is 0.357. The maximum Gasteiger partial charge on any atom is 0.233 e. The Kier molecular flexibility index (Phi) is 4.10. The van der Waals surface area contributed by atoms with Crippen molar-refractivity contribution in [1.82, 2.24) is 24.6 Å². The lowest BCUT2D eigenvalue weighted by Crippen LogP contribution is -2.42. The zero-order chi connectivity index (χ0) is 14.8. The van der Waals surface area contributed by atoms with Gasteiger partial charge in [-0.15, -0.1) is 0 Å². The minimum Gasteiger partial charge on any atom is -0.339 e. The highest BCUT2D eigenvalue weighted by molar-refractivity contribution is 8.00. The molecule has 1 amide bonds. The molecule has 1 atom stereocenters. The molecule has 2 aromatic rings. The smallest absolute Gasteiger partial charge is 0.233 e. The van der Waals surface area contributed by atoms with Crippen molar-refractivity contribution < 1.29 is 4.79 Å². The van der Waals surface area contributed by atoms with E-state index in [0.29, 0.717) is 11.8 Å². The third-order valence-electron chi connectivity index (χ3n) is 3.95. The van der Waals surface area contributed by atoms with Crippen LogP contribution in [0, 0.1) is 0 Å². The van der Waals surface area contributed by atoms with Gasteiger partial charge >= 0.3 is 0 Å². The van der Waals surface area contributed by atoms with Crippen LogP contribution in [0.2, 0.25) is 0 Å². The maximum atomic E-state index is 12.4. The average Bonchev–Trinajstić information content (AvgIpc) is 2.87. The number of piperidine rings is 1. The molecule has 1 saturated heterocycles. The average molecular weight is 305 g/mol. The summed E-state index contributed by atoms with van der Waals surface area (Å²) in [5.41, 5.74) is 0.797. The molecule has 0 aliphatic carbocycles. The van der Waals surface area contributed by atoms with Crippen LogP contribution in [0.1, 0.15) is 26.2 Å². The molecule has 0 aromatic carbocycles. The molecular formula is C14H19N5OS. The number of amides is 1. The quantitative estimate of drug-likeness (QED) is 0.640. The van der Waals surface area contributed by atoms with Crippen molar-refractivity contribution in [2.45, 2.75) is 37.3 Å². The van der Waals surface area contributed by atoms with E-state index in [1.807, 2.05) is 11.9 Å². The van der Waals surface area contributed by atoms with Crippen LogP contribution in [0.25, 0.3) is 11.0 Å². The fourth-order valence-corrected chi connectivity index (χ4v) is 3.58. The van der Waals surface area contributed by atoms with Crippen LogP contribution in [0.5, 0.6) is 0 Å². The highest BCUT2D eigenvalue weighted by Gasteiger charge is 2.23. The van der Waals surface area contributed by atoms with E-state index < -0.39 is 0 Å². The molecule has 2 aromatic heterocycles. The predicted molar refractivity (Wildman–Crippen MR) is 82.1 cm³/mol. The molecule has 0 saturated carbocycles. The monoisotopic (exact) mass is 305 g/mol. The van der Waals surface area contributed by atoms with Gasteiger partial charge in [-0.2, -0.15) is 5.10 Å². The van der Waals surface area contributed by atoms with Crippen molar-refractivity contribution >= 4 is 28.7 Å². The van der Waals surface area contributed by atoms with Gasteiger partial charge in [0.15, 0.2) is 5.65 Å². The number of fused-ring (bicyclic) bond motifs is 1. The molecule has 3 heterocycles. The second-order valence-electron chi connectivity index (χ2n) is 5.40. The fraction of sp³-hybridized carbons (Fsp3) is 0.571. The van der Waals surface area contributed by atoms with Gasteiger partial charge in [0.25, 0.3) is 0 Å². The highest BCUT2D eigenvalue weighted by Crippen LogP contribution is 2.25. The van der Waals surface area contributed by atoms with Crippen LogP contribution in [0.15, 0.2) is 17.6 Å². The first-order valence-electron chi connectivity index (χ1n) is 7.22. The topological polar surface area (TPSA) is 63.9 Å². The van der Waals surface area contributed by atoms with Crippen molar-refractivity contribution in [2.75, 3.05) is 12.3 Å².